The molecule has 0 aromatic carbocycles. The SMILES string of the molecule is CS(=O)(=O)NC[C@H]1C[C@@H](F)CN1CC(N)=O. The minimum Gasteiger partial charge on any atom is -0.369 e. The van der Waals surface area contributed by atoms with Gasteiger partial charge < -0.3 is 5.73 Å². The first-order chi connectivity index (χ1) is 7.28. The topological polar surface area (TPSA) is 92.5 Å². The van der Waals surface area contributed by atoms with Gasteiger partial charge >= 0.3 is 0 Å². The number of carbonyl (C=O) groups excluding carboxylic acids is 1. The number of hydrogen-bond acceptors (Lipinski definition) is 4. The molecule has 0 spiro atoms. The third-order valence-corrected chi connectivity index (χ3v) is 3.11. The lowest BCUT2D eigenvalue weighted by Gasteiger charge is -2.22. The van der Waals surface area contributed by atoms with Crippen LogP contribution in [-0.2, 0) is 14.8 Å². The van der Waals surface area contributed by atoms with Gasteiger partial charge in [0.05, 0.1) is 12.8 Å². The molecule has 1 heterocycles. The monoisotopic (exact) mass is 253 g/mol. The number of nitrogens with one attached hydrogen (secondary N) is 1. The minimum atomic E-state index is -3.30. The van der Waals surface area contributed by atoms with E-state index in [-0.39, 0.29) is 32.1 Å². The van der Waals surface area contributed by atoms with Crippen molar-refractivity contribution < 1.29 is 17.6 Å². The smallest absolute Gasteiger partial charge is 0.231 e. The van der Waals surface area contributed by atoms with Crippen LogP contribution in [0.4, 0.5) is 4.39 Å². The van der Waals surface area contributed by atoms with Crippen LogP contribution in [0.25, 0.3) is 0 Å². The van der Waals surface area contributed by atoms with E-state index < -0.39 is 22.1 Å². The van der Waals surface area contributed by atoms with E-state index in [1.165, 1.54) is 0 Å². The Morgan fingerprint density at radius 2 is 2.25 bits per heavy atom. The number of nitrogens with zero attached hydrogens (tertiary/aromatic N) is 1. The largest absolute Gasteiger partial charge is 0.369 e. The quantitative estimate of drug-likeness (QED) is 0.619. The Hall–Kier alpha value is -0.730. The number of hydrogen-bond donors (Lipinski definition) is 2. The molecule has 0 radical (unpaired) electrons. The van der Waals surface area contributed by atoms with Gasteiger partial charge in [-0.25, -0.2) is 17.5 Å². The van der Waals surface area contributed by atoms with Gasteiger partial charge in [-0.3, -0.25) is 9.69 Å². The van der Waals surface area contributed by atoms with E-state index in [0.29, 0.717) is 0 Å². The molecular formula is C8H16FN3O3S. The fourth-order valence-electron chi connectivity index (χ4n) is 1.78. The summed E-state index contributed by atoms with van der Waals surface area (Å²) in [6, 6.07) is -0.308. The molecule has 1 amide bonds. The van der Waals surface area contributed by atoms with Crippen molar-refractivity contribution in [3.63, 3.8) is 0 Å². The van der Waals surface area contributed by atoms with Crippen LogP contribution in [0.15, 0.2) is 0 Å². The van der Waals surface area contributed by atoms with E-state index >= 15 is 0 Å². The molecule has 2 atom stereocenters. The molecule has 1 aliphatic heterocycles. The molecule has 0 saturated carbocycles. The molecule has 3 N–H and O–H groups in total. The molecule has 0 aliphatic carbocycles. The Balaban J connectivity index is 2.52. The highest BCUT2D eigenvalue weighted by Crippen LogP contribution is 2.19. The van der Waals surface area contributed by atoms with E-state index in [0.717, 1.165) is 6.26 Å². The minimum absolute atomic E-state index is 0.0451. The van der Waals surface area contributed by atoms with Gasteiger partial charge in [0.15, 0.2) is 0 Å². The summed E-state index contributed by atoms with van der Waals surface area (Å²) in [6.45, 7) is 0.183. The summed E-state index contributed by atoms with van der Waals surface area (Å²) < 4.78 is 37.2. The van der Waals surface area contributed by atoms with Crippen molar-refractivity contribution >= 4 is 15.9 Å². The number of rotatable bonds is 5. The Kier molecular flexibility index (Phi) is 4.22. The number of primary amides is 1. The fraction of sp³-hybridized carbons (Fsp3) is 0.875. The molecule has 0 aromatic rings. The van der Waals surface area contributed by atoms with Crippen molar-refractivity contribution in [1.82, 2.24) is 9.62 Å². The maximum atomic E-state index is 13.1. The Morgan fingerprint density at radius 1 is 1.62 bits per heavy atom. The molecule has 8 heteroatoms. The highest BCUT2D eigenvalue weighted by atomic mass is 32.2. The molecule has 0 unspecified atom stereocenters. The normalized spacial score (nSPS) is 27.1. The van der Waals surface area contributed by atoms with Gasteiger partial charge in [-0.15, -0.1) is 0 Å². The third kappa shape index (κ3) is 4.42. The van der Waals surface area contributed by atoms with E-state index in [2.05, 4.69) is 4.72 Å². The number of likely N-dealkylation sites (tertiary alicyclic amines) is 1. The molecule has 1 aliphatic rings. The summed E-state index contributed by atoms with van der Waals surface area (Å²) in [5.41, 5.74) is 5.02. The number of amides is 1. The number of sulfonamides is 1. The first-order valence-electron chi connectivity index (χ1n) is 4.89. The van der Waals surface area contributed by atoms with Crippen LogP contribution in [0.2, 0.25) is 0 Å². The van der Waals surface area contributed by atoms with Crippen molar-refractivity contribution in [3.8, 4) is 0 Å². The first kappa shape index (κ1) is 13.3. The number of nitrogens with two attached hydrogens (primary N) is 1. The summed E-state index contributed by atoms with van der Waals surface area (Å²) in [7, 11) is -3.30. The van der Waals surface area contributed by atoms with Gasteiger partial charge in [-0.1, -0.05) is 0 Å². The van der Waals surface area contributed by atoms with Gasteiger partial charge in [0.1, 0.15) is 6.17 Å². The predicted molar refractivity (Wildman–Crippen MR) is 56.9 cm³/mol. The number of alkyl halides is 1. The van der Waals surface area contributed by atoms with E-state index in [9.17, 15) is 17.6 Å². The molecule has 6 nitrogen and oxygen atoms in total. The second-order valence-electron chi connectivity index (χ2n) is 4.00. The molecule has 0 bridgehead atoms. The van der Waals surface area contributed by atoms with E-state index in [1.54, 1.807) is 4.90 Å². The maximum absolute atomic E-state index is 13.1. The zero-order valence-electron chi connectivity index (χ0n) is 9.02. The summed E-state index contributed by atoms with van der Waals surface area (Å²) in [6.07, 6.45) is 0.217. The molecule has 1 saturated heterocycles. The lowest BCUT2D eigenvalue weighted by atomic mass is 10.2. The van der Waals surface area contributed by atoms with Crippen LogP contribution in [0, 0.1) is 0 Å². The van der Waals surface area contributed by atoms with Crippen LogP contribution in [-0.4, -0.2) is 57.3 Å². The average molecular weight is 253 g/mol. The van der Waals surface area contributed by atoms with Crippen LogP contribution >= 0.6 is 0 Å². The van der Waals surface area contributed by atoms with Gasteiger partial charge in [-0.2, -0.15) is 0 Å². The summed E-state index contributed by atoms with van der Waals surface area (Å²) in [5, 5.41) is 0. The van der Waals surface area contributed by atoms with Crippen molar-refractivity contribution in [3.05, 3.63) is 0 Å². The summed E-state index contributed by atoms with van der Waals surface area (Å²) in [5.74, 6) is -0.543. The van der Waals surface area contributed by atoms with Crippen LogP contribution in [0.3, 0.4) is 0 Å². The molecule has 0 aromatic heterocycles. The standard InChI is InChI=1S/C8H16FN3O3S/c1-16(14,15)11-3-7-2-6(9)4-12(7)5-8(10)13/h6-7,11H,2-5H2,1H3,(H2,10,13)/t6-,7-/m1/s1. The Morgan fingerprint density at radius 3 is 2.75 bits per heavy atom. The zero-order chi connectivity index (χ0) is 12.3. The van der Waals surface area contributed by atoms with Gasteiger partial charge in [0.2, 0.25) is 15.9 Å². The first-order valence-corrected chi connectivity index (χ1v) is 6.78. The lowest BCUT2D eigenvalue weighted by Crippen LogP contribution is -2.43. The van der Waals surface area contributed by atoms with E-state index in [1.807, 2.05) is 0 Å². The van der Waals surface area contributed by atoms with Crippen molar-refractivity contribution in [2.24, 2.45) is 5.73 Å². The van der Waals surface area contributed by atoms with Crippen LogP contribution in [0.1, 0.15) is 6.42 Å². The third-order valence-electron chi connectivity index (χ3n) is 2.42. The lowest BCUT2D eigenvalue weighted by molar-refractivity contribution is -0.119. The summed E-state index contributed by atoms with van der Waals surface area (Å²) in [4.78, 5) is 12.3. The Bertz CT molecular complexity index is 360. The highest BCUT2D eigenvalue weighted by Gasteiger charge is 2.32. The van der Waals surface area contributed by atoms with Crippen molar-refractivity contribution in [1.29, 1.82) is 0 Å². The molecule has 1 rings (SSSR count). The van der Waals surface area contributed by atoms with Crippen LogP contribution < -0.4 is 10.5 Å². The molecular weight excluding hydrogens is 237 g/mol. The molecule has 16 heavy (non-hydrogen) atoms. The maximum Gasteiger partial charge on any atom is 0.231 e. The van der Waals surface area contributed by atoms with Crippen molar-refractivity contribution in [2.45, 2.75) is 18.6 Å². The van der Waals surface area contributed by atoms with E-state index in [4.69, 9.17) is 5.73 Å². The second kappa shape index (κ2) is 5.07. The molecule has 1 fully saturated rings. The number of halogens is 1. The second-order valence-corrected chi connectivity index (χ2v) is 5.84. The van der Waals surface area contributed by atoms with Crippen LogP contribution in [0.5, 0.6) is 0 Å². The van der Waals surface area contributed by atoms with Crippen molar-refractivity contribution in [2.75, 3.05) is 25.9 Å². The molecule has 94 valence electrons. The summed E-state index contributed by atoms with van der Waals surface area (Å²) >= 11 is 0. The zero-order valence-corrected chi connectivity index (χ0v) is 9.84. The van der Waals surface area contributed by atoms with Gasteiger partial charge in [0, 0.05) is 19.1 Å². The average Bonchev–Trinajstić information content (AvgIpc) is 2.40. The number of carbonyl (C=O) groups is 1. The predicted octanol–water partition coefficient (Wildman–Crippen LogP) is -1.57. The van der Waals surface area contributed by atoms with Gasteiger partial charge in [0.25, 0.3) is 0 Å². The Labute approximate surface area is 94.0 Å². The fourth-order valence-corrected chi connectivity index (χ4v) is 2.27. The van der Waals surface area contributed by atoms with Gasteiger partial charge in [-0.05, 0) is 6.42 Å². The highest BCUT2D eigenvalue weighted by molar-refractivity contribution is 7.88.